The summed E-state index contributed by atoms with van der Waals surface area (Å²) in [6.07, 6.45) is 4.09. The van der Waals surface area contributed by atoms with Gasteiger partial charge in [0.25, 0.3) is 10.0 Å². The Morgan fingerprint density at radius 2 is 1.79 bits per heavy atom. The first kappa shape index (κ1) is 24.3. The number of benzene rings is 2. The molecule has 2 aromatic rings. The molecule has 1 fully saturated rings. The molecule has 0 spiro atoms. The van der Waals surface area contributed by atoms with Crippen molar-refractivity contribution in [2.24, 2.45) is 5.92 Å². The van der Waals surface area contributed by atoms with Crippen LogP contribution >= 0.6 is 11.6 Å². The Bertz CT molecular complexity index is 1180. The van der Waals surface area contributed by atoms with Gasteiger partial charge in [-0.2, -0.15) is 4.31 Å². The highest BCUT2D eigenvalue weighted by Gasteiger charge is 2.42. The van der Waals surface area contributed by atoms with Gasteiger partial charge in [-0.05, 0) is 56.2 Å². The van der Waals surface area contributed by atoms with Crippen LogP contribution in [0.15, 0.2) is 47.4 Å². The predicted molar refractivity (Wildman–Crippen MR) is 129 cm³/mol. The summed E-state index contributed by atoms with van der Waals surface area (Å²) in [5.74, 6) is -0.109. The van der Waals surface area contributed by atoms with Crippen molar-refractivity contribution in [1.82, 2.24) is 0 Å². The molecule has 0 bridgehead atoms. The molecule has 1 saturated carbocycles. The number of hydrogen-bond donors (Lipinski definition) is 0. The normalized spacial score (nSPS) is 18.9. The molecule has 0 saturated heterocycles. The van der Waals surface area contributed by atoms with E-state index in [1.54, 1.807) is 6.92 Å². The fourth-order valence-electron chi connectivity index (χ4n) is 4.46. The molecular formula is C24H27ClN2O6S. The molecule has 1 aliphatic heterocycles. The summed E-state index contributed by atoms with van der Waals surface area (Å²) in [6.45, 7) is 1.98. The van der Waals surface area contributed by atoms with Crippen LogP contribution in [0.4, 0.5) is 16.2 Å². The molecule has 1 heterocycles. The number of rotatable bonds is 6. The Labute approximate surface area is 204 Å². The van der Waals surface area contributed by atoms with Gasteiger partial charge in [-0.25, -0.2) is 18.0 Å². The molecule has 2 aromatic carbocycles. The quantitative estimate of drug-likeness (QED) is 0.512. The fourth-order valence-corrected chi connectivity index (χ4v) is 6.21. The first-order valence-corrected chi connectivity index (χ1v) is 13.1. The average Bonchev–Trinajstić information content (AvgIpc) is 2.83. The van der Waals surface area contributed by atoms with Crippen LogP contribution in [-0.2, 0) is 19.6 Å². The highest BCUT2D eigenvalue weighted by atomic mass is 35.5. The second kappa shape index (κ2) is 9.84. The van der Waals surface area contributed by atoms with E-state index in [2.05, 4.69) is 0 Å². The van der Waals surface area contributed by atoms with E-state index in [1.165, 1.54) is 54.4 Å². The molecule has 182 valence electrons. The molecule has 2 amide bonds. The summed E-state index contributed by atoms with van der Waals surface area (Å²) < 4.78 is 38.8. The third kappa shape index (κ3) is 4.59. The minimum atomic E-state index is -4.17. The van der Waals surface area contributed by atoms with E-state index >= 15 is 0 Å². The Morgan fingerprint density at radius 1 is 1.12 bits per heavy atom. The van der Waals surface area contributed by atoms with E-state index in [-0.39, 0.29) is 28.8 Å². The molecule has 1 unspecified atom stereocenters. The number of carbonyl (C=O) groups is 2. The van der Waals surface area contributed by atoms with Crippen molar-refractivity contribution in [3.8, 4) is 5.75 Å². The second-order valence-corrected chi connectivity index (χ2v) is 10.6. The zero-order chi connectivity index (χ0) is 24.5. The number of urea groups is 1. The molecular weight excluding hydrogens is 480 g/mol. The highest BCUT2D eigenvalue weighted by Crippen LogP contribution is 2.39. The zero-order valence-electron chi connectivity index (χ0n) is 19.1. The summed E-state index contributed by atoms with van der Waals surface area (Å²) in [5, 5.41) is 0.426. The first-order chi connectivity index (χ1) is 16.2. The number of fused-ring (bicyclic) bond motifs is 1. The summed E-state index contributed by atoms with van der Waals surface area (Å²) in [4.78, 5) is 27.0. The number of hydrogen-bond acceptors (Lipinski definition) is 6. The SMILES string of the molecule is CCOC(=O)C(Oc1ccc2c(c1)N(C)C(=O)N(c1ccc(Cl)cc1)S2(=O)=O)C1CCCCC1. The Balaban J connectivity index is 1.68. The maximum Gasteiger partial charge on any atom is 0.347 e. The average molecular weight is 507 g/mol. The van der Waals surface area contributed by atoms with E-state index in [4.69, 9.17) is 21.1 Å². The third-order valence-corrected chi connectivity index (χ3v) is 8.19. The molecule has 8 nitrogen and oxygen atoms in total. The summed E-state index contributed by atoms with van der Waals surface area (Å²) in [5.41, 5.74) is 0.367. The third-order valence-electron chi connectivity index (χ3n) is 6.19. The first-order valence-electron chi connectivity index (χ1n) is 11.3. The summed E-state index contributed by atoms with van der Waals surface area (Å²) in [7, 11) is -2.68. The van der Waals surface area contributed by atoms with Crippen molar-refractivity contribution in [3.63, 3.8) is 0 Å². The lowest BCUT2D eigenvalue weighted by Gasteiger charge is -2.34. The highest BCUT2D eigenvalue weighted by molar-refractivity contribution is 7.94. The van der Waals surface area contributed by atoms with Gasteiger partial charge in [-0.1, -0.05) is 30.9 Å². The van der Waals surface area contributed by atoms with Crippen LogP contribution in [0.2, 0.25) is 5.02 Å². The molecule has 0 radical (unpaired) electrons. The maximum absolute atomic E-state index is 13.4. The monoisotopic (exact) mass is 506 g/mol. The maximum atomic E-state index is 13.4. The van der Waals surface area contributed by atoms with Gasteiger partial charge in [0.15, 0.2) is 6.10 Å². The predicted octanol–water partition coefficient (Wildman–Crippen LogP) is 5.00. The van der Waals surface area contributed by atoms with Gasteiger partial charge in [-0.15, -0.1) is 0 Å². The van der Waals surface area contributed by atoms with Crippen LogP contribution < -0.4 is 13.9 Å². The molecule has 0 N–H and O–H groups in total. The van der Waals surface area contributed by atoms with E-state index in [9.17, 15) is 18.0 Å². The molecule has 1 aliphatic carbocycles. The molecule has 2 aliphatic rings. The van der Waals surface area contributed by atoms with Gasteiger partial charge in [0.1, 0.15) is 10.6 Å². The van der Waals surface area contributed by atoms with E-state index in [1.807, 2.05) is 0 Å². The Morgan fingerprint density at radius 3 is 2.44 bits per heavy atom. The number of nitrogens with zero attached hydrogens (tertiary/aromatic N) is 2. The van der Waals surface area contributed by atoms with Gasteiger partial charge >= 0.3 is 12.0 Å². The van der Waals surface area contributed by atoms with E-state index in [0.29, 0.717) is 10.8 Å². The van der Waals surface area contributed by atoms with Gasteiger partial charge in [0.2, 0.25) is 0 Å². The van der Waals surface area contributed by atoms with Crippen LogP contribution in [0, 0.1) is 5.92 Å². The Kier molecular flexibility index (Phi) is 7.04. The lowest BCUT2D eigenvalue weighted by Crippen LogP contribution is -2.49. The van der Waals surface area contributed by atoms with E-state index < -0.39 is 28.1 Å². The number of sulfonamides is 1. The fraction of sp³-hybridized carbons (Fsp3) is 0.417. The molecule has 4 rings (SSSR count). The minimum Gasteiger partial charge on any atom is -0.478 e. The summed E-state index contributed by atoms with van der Waals surface area (Å²) in [6, 6.07) is 9.65. The van der Waals surface area contributed by atoms with Gasteiger partial charge in [0, 0.05) is 24.1 Å². The van der Waals surface area contributed by atoms with Gasteiger partial charge < -0.3 is 9.47 Å². The van der Waals surface area contributed by atoms with Crippen molar-refractivity contribution in [2.45, 2.75) is 50.0 Å². The van der Waals surface area contributed by atoms with Crippen molar-refractivity contribution < 1.29 is 27.5 Å². The topological polar surface area (TPSA) is 93.2 Å². The number of anilines is 2. The lowest BCUT2D eigenvalue weighted by molar-refractivity contribution is -0.154. The number of amides is 2. The number of esters is 1. The molecule has 1 atom stereocenters. The molecule has 0 aromatic heterocycles. The largest absolute Gasteiger partial charge is 0.478 e. The second-order valence-electron chi connectivity index (χ2n) is 8.41. The van der Waals surface area contributed by atoms with Gasteiger partial charge in [0.05, 0.1) is 18.0 Å². The molecule has 10 heteroatoms. The van der Waals surface area contributed by atoms with Crippen molar-refractivity contribution in [3.05, 3.63) is 47.5 Å². The molecule has 34 heavy (non-hydrogen) atoms. The zero-order valence-corrected chi connectivity index (χ0v) is 20.6. The smallest absolute Gasteiger partial charge is 0.347 e. The van der Waals surface area contributed by atoms with Crippen LogP contribution in [0.25, 0.3) is 0 Å². The summed E-state index contributed by atoms with van der Waals surface area (Å²) >= 11 is 5.91. The minimum absolute atomic E-state index is 0.0207. The van der Waals surface area contributed by atoms with Crippen LogP contribution in [0.5, 0.6) is 5.75 Å². The Hall–Kier alpha value is -2.78. The van der Waals surface area contributed by atoms with Crippen LogP contribution in [0.3, 0.4) is 0 Å². The van der Waals surface area contributed by atoms with Crippen LogP contribution in [0.1, 0.15) is 39.0 Å². The standard InChI is InChI=1S/C24H27ClN2O6S/c1-3-32-23(28)22(16-7-5-4-6-8-16)33-19-13-14-21-20(15-19)26(2)24(29)27(34(21,30)31)18-11-9-17(25)10-12-18/h9-16,22H,3-8H2,1-2H3. The lowest BCUT2D eigenvalue weighted by atomic mass is 9.85. The van der Waals surface area contributed by atoms with Crippen molar-refractivity contribution in [1.29, 1.82) is 0 Å². The van der Waals surface area contributed by atoms with Gasteiger partial charge in [-0.3, -0.25) is 4.90 Å². The number of ether oxygens (including phenoxy) is 2. The number of halogens is 1. The van der Waals surface area contributed by atoms with Crippen molar-refractivity contribution in [2.75, 3.05) is 22.9 Å². The van der Waals surface area contributed by atoms with E-state index in [0.717, 1.165) is 36.4 Å². The van der Waals surface area contributed by atoms with Crippen LogP contribution in [-0.4, -0.2) is 40.2 Å². The van der Waals surface area contributed by atoms with Crippen molar-refractivity contribution >= 4 is 45.0 Å². The number of carbonyl (C=O) groups excluding carboxylic acids is 2.